The maximum atomic E-state index is 12.8. The van der Waals surface area contributed by atoms with Crippen LogP contribution in [0.4, 0.5) is 0 Å². The molecule has 0 amide bonds. The van der Waals surface area contributed by atoms with Crippen LogP contribution in [0.2, 0.25) is 0 Å². The molecule has 1 aliphatic rings. The van der Waals surface area contributed by atoms with E-state index in [1.165, 1.54) is 0 Å². The first-order valence-corrected chi connectivity index (χ1v) is 8.09. The average Bonchev–Trinajstić information content (AvgIpc) is 2.60. The fraction of sp³-hybridized carbons (Fsp3) is 0.750. The molecular formula is C12H21N3O3S. The lowest BCUT2D eigenvalue weighted by molar-refractivity contribution is 0.272. The molecule has 1 aromatic rings. The van der Waals surface area contributed by atoms with Gasteiger partial charge in [0.25, 0.3) is 0 Å². The van der Waals surface area contributed by atoms with Crippen LogP contribution in [0.1, 0.15) is 44.0 Å². The molecule has 0 spiro atoms. The Morgan fingerprint density at radius 2 is 2.16 bits per heavy atom. The first-order valence-electron chi connectivity index (χ1n) is 6.65. The summed E-state index contributed by atoms with van der Waals surface area (Å²) in [5.41, 5.74) is 0.689. The standard InChI is InChI=1S/C12H21N3O3S/c1-9-6-4-3-5-7-15(9)19(17,18)12-10(2)13-14-11(12)8-16/h9,16H,3-8H2,1-2H3,(H,13,14). The molecule has 0 saturated carbocycles. The third kappa shape index (κ3) is 2.68. The summed E-state index contributed by atoms with van der Waals surface area (Å²) >= 11 is 0. The Morgan fingerprint density at radius 1 is 1.42 bits per heavy atom. The van der Waals surface area contributed by atoms with Crippen LogP contribution in [0.15, 0.2) is 4.90 Å². The quantitative estimate of drug-likeness (QED) is 0.873. The zero-order chi connectivity index (χ0) is 14.0. The average molecular weight is 287 g/mol. The number of nitrogens with zero attached hydrogens (tertiary/aromatic N) is 2. The normalized spacial score (nSPS) is 22.4. The number of aromatic amines is 1. The Morgan fingerprint density at radius 3 is 2.84 bits per heavy atom. The Hall–Kier alpha value is -0.920. The number of aromatic nitrogens is 2. The minimum Gasteiger partial charge on any atom is -0.390 e. The van der Waals surface area contributed by atoms with Crippen LogP contribution >= 0.6 is 0 Å². The van der Waals surface area contributed by atoms with Gasteiger partial charge in [-0.1, -0.05) is 12.8 Å². The Kier molecular flexibility index (Phi) is 4.27. The van der Waals surface area contributed by atoms with E-state index in [0.717, 1.165) is 25.7 Å². The minimum absolute atomic E-state index is 0.00616. The number of aliphatic hydroxyl groups excluding tert-OH is 1. The zero-order valence-electron chi connectivity index (χ0n) is 11.4. The van der Waals surface area contributed by atoms with E-state index in [2.05, 4.69) is 10.2 Å². The Balaban J connectivity index is 2.43. The molecule has 2 N–H and O–H groups in total. The molecule has 108 valence electrons. The molecule has 2 rings (SSSR count). The largest absolute Gasteiger partial charge is 0.390 e. The highest BCUT2D eigenvalue weighted by Gasteiger charge is 2.34. The molecular weight excluding hydrogens is 266 g/mol. The number of nitrogens with one attached hydrogen (secondary N) is 1. The highest BCUT2D eigenvalue weighted by molar-refractivity contribution is 7.89. The molecule has 1 aliphatic heterocycles. The fourth-order valence-corrected chi connectivity index (χ4v) is 4.67. The summed E-state index contributed by atoms with van der Waals surface area (Å²) in [5, 5.41) is 15.8. The van der Waals surface area contributed by atoms with Gasteiger partial charge in [-0.3, -0.25) is 5.10 Å². The van der Waals surface area contributed by atoms with E-state index in [0.29, 0.717) is 12.2 Å². The predicted octanol–water partition coefficient (Wildman–Crippen LogP) is 1.16. The van der Waals surface area contributed by atoms with Gasteiger partial charge >= 0.3 is 0 Å². The molecule has 1 unspecified atom stereocenters. The SMILES string of the molecule is Cc1[nH]nc(CO)c1S(=O)(=O)N1CCCCCC1C. The summed E-state index contributed by atoms with van der Waals surface area (Å²) < 4.78 is 27.1. The summed E-state index contributed by atoms with van der Waals surface area (Å²) in [5.74, 6) is 0. The highest BCUT2D eigenvalue weighted by atomic mass is 32.2. The molecule has 7 heteroatoms. The van der Waals surface area contributed by atoms with Gasteiger partial charge in [0.15, 0.2) is 0 Å². The maximum Gasteiger partial charge on any atom is 0.247 e. The van der Waals surface area contributed by atoms with E-state index >= 15 is 0 Å². The predicted molar refractivity (Wildman–Crippen MR) is 71.1 cm³/mol. The summed E-state index contributed by atoms with van der Waals surface area (Å²) in [6, 6.07) is -0.00616. The number of aliphatic hydroxyl groups is 1. The van der Waals surface area contributed by atoms with Crippen molar-refractivity contribution >= 4 is 10.0 Å². The van der Waals surface area contributed by atoms with Crippen molar-refractivity contribution in [3.8, 4) is 0 Å². The molecule has 1 atom stereocenters. The minimum atomic E-state index is -3.59. The molecule has 19 heavy (non-hydrogen) atoms. The lowest BCUT2D eigenvalue weighted by Gasteiger charge is -2.26. The first-order chi connectivity index (χ1) is 8.98. The number of hydrogen-bond donors (Lipinski definition) is 2. The van der Waals surface area contributed by atoms with Gasteiger partial charge in [0.1, 0.15) is 10.6 Å². The second-order valence-electron chi connectivity index (χ2n) is 5.10. The zero-order valence-corrected chi connectivity index (χ0v) is 12.2. The molecule has 1 aromatic heterocycles. The smallest absolute Gasteiger partial charge is 0.247 e. The van der Waals surface area contributed by atoms with Crippen molar-refractivity contribution in [2.45, 2.75) is 57.1 Å². The van der Waals surface area contributed by atoms with Crippen molar-refractivity contribution in [3.05, 3.63) is 11.4 Å². The van der Waals surface area contributed by atoms with E-state index in [1.807, 2.05) is 6.92 Å². The maximum absolute atomic E-state index is 12.8. The van der Waals surface area contributed by atoms with E-state index in [9.17, 15) is 13.5 Å². The molecule has 0 bridgehead atoms. The van der Waals surface area contributed by atoms with Gasteiger partial charge in [-0.25, -0.2) is 8.42 Å². The molecule has 1 saturated heterocycles. The second kappa shape index (κ2) is 5.60. The first kappa shape index (κ1) is 14.5. The summed E-state index contributed by atoms with van der Waals surface area (Å²) in [7, 11) is -3.59. The van der Waals surface area contributed by atoms with Gasteiger partial charge in [0.2, 0.25) is 10.0 Å². The van der Waals surface area contributed by atoms with Crippen molar-refractivity contribution in [1.29, 1.82) is 0 Å². The molecule has 1 fully saturated rings. The molecule has 0 aromatic carbocycles. The van der Waals surface area contributed by atoms with Gasteiger partial charge < -0.3 is 5.11 Å². The van der Waals surface area contributed by atoms with Crippen LogP contribution in [0, 0.1) is 6.92 Å². The summed E-state index contributed by atoms with van der Waals surface area (Å²) in [6.45, 7) is 3.78. The fourth-order valence-electron chi connectivity index (χ4n) is 2.64. The Bertz CT molecular complexity index is 538. The van der Waals surface area contributed by atoms with E-state index in [1.54, 1.807) is 11.2 Å². The van der Waals surface area contributed by atoms with E-state index in [4.69, 9.17) is 0 Å². The van der Waals surface area contributed by atoms with Crippen molar-refractivity contribution in [3.63, 3.8) is 0 Å². The van der Waals surface area contributed by atoms with Crippen LogP contribution in [0.5, 0.6) is 0 Å². The van der Waals surface area contributed by atoms with Gasteiger partial charge in [0.05, 0.1) is 12.3 Å². The van der Waals surface area contributed by atoms with Gasteiger partial charge in [0, 0.05) is 12.6 Å². The van der Waals surface area contributed by atoms with Crippen LogP contribution in [0.3, 0.4) is 0 Å². The van der Waals surface area contributed by atoms with Crippen molar-refractivity contribution in [1.82, 2.24) is 14.5 Å². The van der Waals surface area contributed by atoms with Crippen molar-refractivity contribution in [2.24, 2.45) is 0 Å². The number of rotatable bonds is 3. The van der Waals surface area contributed by atoms with Crippen LogP contribution in [0.25, 0.3) is 0 Å². The molecule has 0 radical (unpaired) electrons. The summed E-state index contributed by atoms with van der Waals surface area (Å²) in [4.78, 5) is 0.142. The van der Waals surface area contributed by atoms with Gasteiger partial charge in [-0.2, -0.15) is 9.40 Å². The van der Waals surface area contributed by atoms with Crippen LogP contribution < -0.4 is 0 Å². The van der Waals surface area contributed by atoms with E-state index < -0.39 is 10.0 Å². The third-order valence-corrected chi connectivity index (χ3v) is 5.89. The Labute approximate surface area is 113 Å². The third-order valence-electron chi connectivity index (χ3n) is 3.67. The number of sulfonamides is 1. The monoisotopic (exact) mass is 287 g/mol. The number of aryl methyl sites for hydroxylation is 1. The molecule has 0 aliphatic carbocycles. The van der Waals surface area contributed by atoms with Crippen molar-refractivity contribution < 1.29 is 13.5 Å². The molecule has 6 nitrogen and oxygen atoms in total. The molecule has 2 heterocycles. The van der Waals surface area contributed by atoms with Crippen LogP contribution in [-0.2, 0) is 16.6 Å². The number of H-pyrrole nitrogens is 1. The highest BCUT2D eigenvalue weighted by Crippen LogP contribution is 2.27. The van der Waals surface area contributed by atoms with E-state index in [-0.39, 0.29) is 23.2 Å². The van der Waals surface area contributed by atoms with Crippen LogP contribution in [-0.4, -0.2) is 40.6 Å². The lowest BCUT2D eigenvalue weighted by atomic mass is 10.1. The lowest BCUT2D eigenvalue weighted by Crippen LogP contribution is -2.38. The number of hydrogen-bond acceptors (Lipinski definition) is 4. The second-order valence-corrected chi connectivity index (χ2v) is 6.92. The topological polar surface area (TPSA) is 86.3 Å². The van der Waals surface area contributed by atoms with Gasteiger partial charge in [-0.15, -0.1) is 0 Å². The van der Waals surface area contributed by atoms with Crippen molar-refractivity contribution in [2.75, 3.05) is 6.54 Å². The van der Waals surface area contributed by atoms with Gasteiger partial charge in [-0.05, 0) is 26.7 Å². The summed E-state index contributed by atoms with van der Waals surface area (Å²) in [6.07, 6.45) is 3.89.